The molecule has 0 saturated heterocycles. The SMILES string of the molecule is NCCCC(Cc1nc2ccccc2[nH]1)NC1CCCCC2=C1NCC=C2. The Kier molecular flexibility index (Phi) is 5.90. The Morgan fingerprint density at radius 1 is 1.26 bits per heavy atom. The van der Waals surface area contributed by atoms with Gasteiger partial charge in [0.15, 0.2) is 0 Å². The average molecular weight is 366 g/mol. The molecule has 0 fully saturated rings. The van der Waals surface area contributed by atoms with Gasteiger partial charge in [-0.1, -0.05) is 30.7 Å². The van der Waals surface area contributed by atoms with Gasteiger partial charge in [-0.05, 0) is 56.4 Å². The van der Waals surface area contributed by atoms with Crippen LogP contribution < -0.4 is 16.4 Å². The number of para-hydroxylation sites is 2. The van der Waals surface area contributed by atoms with Crippen LogP contribution in [0.3, 0.4) is 0 Å². The van der Waals surface area contributed by atoms with Crippen molar-refractivity contribution in [3.05, 3.63) is 53.5 Å². The number of hydrogen-bond donors (Lipinski definition) is 4. The fraction of sp³-hybridized carbons (Fsp3) is 0.500. The third kappa shape index (κ3) is 4.42. The van der Waals surface area contributed by atoms with Gasteiger partial charge < -0.3 is 21.4 Å². The van der Waals surface area contributed by atoms with Gasteiger partial charge in [0.05, 0.1) is 11.0 Å². The minimum Gasteiger partial charge on any atom is -0.383 e. The molecule has 0 bridgehead atoms. The third-order valence-corrected chi connectivity index (χ3v) is 5.68. The van der Waals surface area contributed by atoms with E-state index < -0.39 is 0 Å². The average Bonchev–Trinajstić information content (AvgIpc) is 3.00. The first kappa shape index (κ1) is 18.3. The lowest BCUT2D eigenvalue weighted by Crippen LogP contribution is -2.44. The molecule has 4 rings (SSSR count). The van der Waals surface area contributed by atoms with Crippen LogP contribution >= 0.6 is 0 Å². The summed E-state index contributed by atoms with van der Waals surface area (Å²) < 4.78 is 0. The molecule has 27 heavy (non-hydrogen) atoms. The number of nitrogens with zero attached hydrogens (tertiary/aromatic N) is 1. The normalized spacial score (nSPS) is 21.0. The molecule has 1 aromatic heterocycles. The van der Waals surface area contributed by atoms with Crippen molar-refractivity contribution < 1.29 is 0 Å². The maximum absolute atomic E-state index is 5.81. The summed E-state index contributed by atoms with van der Waals surface area (Å²) in [5.74, 6) is 1.06. The van der Waals surface area contributed by atoms with Gasteiger partial charge in [-0.25, -0.2) is 4.98 Å². The number of benzene rings is 1. The fourth-order valence-electron chi connectivity index (χ4n) is 4.34. The lowest BCUT2D eigenvalue weighted by atomic mass is 10.00. The number of allylic oxidation sites excluding steroid dienone is 2. The van der Waals surface area contributed by atoms with E-state index >= 15 is 0 Å². The van der Waals surface area contributed by atoms with E-state index in [0.717, 1.165) is 49.2 Å². The molecule has 2 atom stereocenters. The molecule has 5 N–H and O–H groups in total. The lowest BCUT2D eigenvalue weighted by molar-refractivity contribution is 0.394. The molecular weight excluding hydrogens is 334 g/mol. The molecule has 0 radical (unpaired) electrons. The Bertz CT molecular complexity index is 786. The topological polar surface area (TPSA) is 78.8 Å². The van der Waals surface area contributed by atoms with Crippen LogP contribution in [0.15, 0.2) is 47.7 Å². The quantitative estimate of drug-likeness (QED) is 0.608. The molecule has 2 unspecified atom stereocenters. The van der Waals surface area contributed by atoms with Crippen molar-refractivity contribution in [3.8, 4) is 0 Å². The summed E-state index contributed by atoms with van der Waals surface area (Å²) in [6, 6.07) is 9.03. The Labute approximate surface area is 161 Å². The summed E-state index contributed by atoms with van der Waals surface area (Å²) in [6.07, 6.45) is 12.5. The minimum absolute atomic E-state index is 0.374. The van der Waals surface area contributed by atoms with Crippen LogP contribution in [0.4, 0.5) is 0 Å². The molecule has 2 heterocycles. The number of fused-ring (bicyclic) bond motifs is 1. The van der Waals surface area contributed by atoms with Crippen LogP contribution in [0.5, 0.6) is 0 Å². The standard InChI is InChI=1S/C22H31N5/c23-13-5-9-17(15-21-26-18-10-3-4-11-19(18)27-21)25-20-12-2-1-7-16-8-6-14-24-22(16)20/h3-4,6,8,10-11,17,20,24-25H,1-2,5,7,9,12-15,23H2,(H,26,27). The molecule has 0 spiro atoms. The maximum atomic E-state index is 5.81. The zero-order chi connectivity index (χ0) is 18.5. The van der Waals surface area contributed by atoms with Gasteiger partial charge in [0.1, 0.15) is 5.82 Å². The molecule has 1 aromatic carbocycles. The smallest absolute Gasteiger partial charge is 0.108 e. The zero-order valence-electron chi connectivity index (χ0n) is 16.0. The van der Waals surface area contributed by atoms with Crippen molar-refractivity contribution in [2.24, 2.45) is 5.73 Å². The van der Waals surface area contributed by atoms with E-state index in [4.69, 9.17) is 10.7 Å². The second-order valence-electron chi connectivity index (χ2n) is 7.72. The number of nitrogens with two attached hydrogens (primary N) is 1. The largest absolute Gasteiger partial charge is 0.383 e. The highest BCUT2D eigenvalue weighted by molar-refractivity contribution is 5.74. The highest BCUT2D eigenvalue weighted by Crippen LogP contribution is 2.26. The summed E-state index contributed by atoms with van der Waals surface area (Å²) >= 11 is 0. The molecule has 2 aromatic rings. The molecule has 0 saturated carbocycles. The van der Waals surface area contributed by atoms with Crippen molar-refractivity contribution in [3.63, 3.8) is 0 Å². The first-order chi connectivity index (χ1) is 13.3. The first-order valence-electron chi connectivity index (χ1n) is 10.4. The Morgan fingerprint density at radius 3 is 3.07 bits per heavy atom. The summed E-state index contributed by atoms with van der Waals surface area (Å²) in [5, 5.41) is 7.59. The van der Waals surface area contributed by atoms with E-state index in [9.17, 15) is 0 Å². The summed E-state index contributed by atoms with van der Waals surface area (Å²) in [6.45, 7) is 1.67. The lowest BCUT2D eigenvalue weighted by Gasteiger charge is -2.29. The number of aromatic nitrogens is 2. The minimum atomic E-state index is 0.374. The number of imidazole rings is 1. The first-order valence-corrected chi connectivity index (χ1v) is 10.4. The molecule has 5 nitrogen and oxygen atoms in total. The van der Waals surface area contributed by atoms with E-state index in [1.54, 1.807) is 0 Å². The van der Waals surface area contributed by atoms with Gasteiger partial charge in [0.25, 0.3) is 0 Å². The van der Waals surface area contributed by atoms with E-state index in [0.29, 0.717) is 12.1 Å². The summed E-state index contributed by atoms with van der Waals surface area (Å²) in [5.41, 5.74) is 10.9. The van der Waals surface area contributed by atoms with Crippen molar-refractivity contribution in [1.29, 1.82) is 0 Å². The molecule has 5 heteroatoms. The van der Waals surface area contributed by atoms with Crippen LogP contribution in [0.25, 0.3) is 11.0 Å². The van der Waals surface area contributed by atoms with E-state index in [1.165, 1.54) is 37.0 Å². The van der Waals surface area contributed by atoms with Crippen molar-refractivity contribution >= 4 is 11.0 Å². The number of dihydropyridines is 1. The number of nitrogens with one attached hydrogen (secondary N) is 3. The van der Waals surface area contributed by atoms with Gasteiger partial charge in [-0.15, -0.1) is 0 Å². The summed E-state index contributed by atoms with van der Waals surface area (Å²) in [7, 11) is 0. The zero-order valence-corrected chi connectivity index (χ0v) is 16.0. The third-order valence-electron chi connectivity index (χ3n) is 5.68. The van der Waals surface area contributed by atoms with Crippen LogP contribution in [0.1, 0.15) is 44.3 Å². The van der Waals surface area contributed by atoms with Crippen LogP contribution in [-0.4, -0.2) is 35.1 Å². The van der Waals surface area contributed by atoms with Crippen LogP contribution in [-0.2, 0) is 6.42 Å². The second kappa shape index (κ2) is 8.72. The van der Waals surface area contributed by atoms with E-state index in [-0.39, 0.29) is 0 Å². The number of rotatable bonds is 7. The van der Waals surface area contributed by atoms with Gasteiger partial charge >= 0.3 is 0 Å². The molecule has 0 amide bonds. The predicted octanol–water partition coefficient (Wildman–Crippen LogP) is 3.16. The highest BCUT2D eigenvalue weighted by atomic mass is 15.0. The van der Waals surface area contributed by atoms with Crippen LogP contribution in [0, 0.1) is 0 Å². The van der Waals surface area contributed by atoms with Crippen molar-refractivity contribution in [2.45, 2.75) is 57.0 Å². The van der Waals surface area contributed by atoms with Gasteiger partial charge in [-0.3, -0.25) is 0 Å². The number of aromatic amines is 1. The molecule has 2 aliphatic rings. The van der Waals surface area contributed by atoms with Gasteiger partial charge in [0, 0.05) is 30.7 Å². The Balaban J connectivity index is 1.51. The van der Waals surface area contributed by atoms with Crippen molar-refractivity contribution in [2.75, 3.05) is 13.1 Å². The van der Waals surface area contributed by atoms with Crippen LogP contribution in [0.2, 0.25) is 0 Å². The van der Waals surface area contributed by atoms with E-state index in [1.807, 2.05) is 6.07 Å². The maximum Gasteiger partial charge on any atom is 0.108 e. The monoisotopic (exact) mass is 365 g/mol. The van der Waals surface area contributed by atoms with Crippen molar-refractivity contribution in [1.82, 2.24) is 20.6 Å². The van der Waals surface area contributed by atoms with Gasteiger partial charge in [0.2, 0.25) is 0 Å². The molecule has 144 valence electrons. The fourth-order valence-corrected chi connectivity index (χ4v) is 4.34. The highest BCUT2D eigenvalue weighted by Gasteiger charge is 2.24. The molecule has 1 aliphatic heterocycles. The Morgan fingerprint density at radius 2 is 2.19 bits per heavy atom. The number of hydrogen-bond acceptors (Lipinski definition) is 4. The summed E-state index contributed by atoms with van der Waals surface area (Å²) in [4.78, 5) is 8.28. The predicted molar refractivity (Wildman–Crippen MR) is 111 cm³/mol. The second-order valence-corrected chi connectivity index (χ2v) is 7.72. The molecular formula is C22H31N5. The van der Waals surface area contributed by atoms with E-state index in [2.05, 4.69) is 46.0 Å². The number of H-pyrrole nitrogens is 1. The molecule has 1 aliphatic carbocycles. The van der Waals surface area contributed by atoms with Gasteiger partial charge in [-0.2, -0.15) is 0 Å². The Hall–Kier alpha value is -2.11.